The first-order valence-corrected chi connectivity index (χ1v) is 10.1. The van der Waals surface area contributed by atoms with Gasteiger partial charge >= 0.3 is 0 Å². The van der Waals surface area contributed by atoms with Gasteiger partial charge in [0.1, 0.15) is 0 Å². The van der Waals surface area contributed by atoms with E-state index in [0.29, 0.717) is 11.2 Å². The zero-order valence-corrected chi connectivity index (χ0v) is 18.7. The second-order valence-corrected chi connectivity index (χ2v) is 8.68. The van der Waals surface area contributed by atoms with Crippen LogP contribution in [0.2, 0.25) is 0 Å². The fourth-order valence-electron chi connectivity index (χ4n) is 3.37. The summed E-state index contributed by atoms with van der Waals surface area (Å²) in [4.78, 5) is 18.0. The Bertz CT molecular complexity index is 629. The Morgan fingerprint density at radius 1 is 1.27 bits per heavy atom. The van der Waals surface area contributed by atoms with Crippen molar-refractivity contribution in [1.29, 1.82) is 0 Å². The third-order valence-corrected chi connectivity index (χ3v) is 6.47. The molecule has 3 rings (SSSR count). The van der Waals surface area contributed by atoms with Crippen molar-refractivity contribution >= 4 is 53.3 Å². The number of halogens is 1. The van der Waals surface area contributed by atoms with Crippen molar-refractivity contribution in [2.45, 2.75) is 43.9 Å². The Kier molecular flexibility index (Phi) is 8.06. The van der Waals surface area contributed by atoms with E-state index in [0.717, 1.165) is 37.7 Å². The summed E-state index contributed by atoms with van der Waals surface area (Å²) in [6.07, 6.45) is 4.20. The van der Waals surface area contributed by atoms with Crippen LogP contribution in [0.5, 0.6) is 0 Å². The zero-order chi connectivity index (χ0) is 17.7. The number of benzene rings is 1. The quantitative estimate of drug-likeness (QED) is 0.379. The molecule has 1 atom stereocenters. The van der Waals surface area contributed by atoms with Crippen LogP contribution < -0.4 is 15.5 Å². The minimum Gasteiger partial charge on any atom is -0.355 e. The molecular formula is C19H29IN4OS. The van der Waals surface area contributed by atoms with E-state index in [4.69, 9.17) is 0 Å². The molecule has 2 N–H and O–H groups in total. The number of nitrogens with zero attached hydrogens (tertiary/aromatic N) is 2. The first-order chi connectivity index (χ1) is 12.1. The molecular weight excluding hydrogens is 459 g/mol. The lowest BCUT2D eigenvalue weighted by Gasteiger charge is -2.24. The summed E-state index contributed by atoms with van der Waals surface area (Å²) in [6.45, 7) is 4.82. The minimum absolute atomic E-state index is 0. The summed E-state index contributed by atoms with van der Waals surface area (Å²) in [5.41, 5.74) is 2.18. The van der Waals surface area contributed by atoms with Crippen molar-refractivity contribution in [3.63, 3.8) is 0 Å². The molecule has 2 saturated heterocycles. The maximum atomic E-state index is 11.8. The van der Waals surface area contributed by atoms with Crippen LogP contribution in [0, 0.1) is 0 Å². The van der Waals surface area contributed by atoms with Crippen LogP contribution >= 0.6 is 35.7 Å². The highest BCUT2D eigenvalue weighted by Gasteiger charge is 2.29. The van der Waals surface area contributed by atoms with E-state index in [1.807, 2.05) is 35.8 Å². The molecule has 1 aromatic rings. The maximum absolute atomic E-state index is 11.8. The van der Waals surface area contributed by atoms with Gasteiger partial charge in [-0.05, 0) is 49.6 Å². The molecule has 26 heavy (non-hydrogen) atoms. The number of thioether (sulfide) groups is 1. The van der Waals surface area contributed by atoms with Crippen molar-refractivity contribution in [1.82, 2.24) is 10.6 Å². The second kappa shape index (κ2) is 9.82. The van der Waals surface area contributed by atoms with E-state index < -0.39 is 0 Å². The molecule has 0 radical (unpaired) electrons. The van der Waals surface area contributed by atoms with E-state index in [1.165, 1.54) is 24.2 Å². The van der Waals surface area contributed by atoms with Crippen LogP contribution in [0.4, 0.5) is 5.69 Å². The molecule has 7 heteroatoms. The van der Waals surface area contributed by atoms with Gasteiger partial charge in [-0.3, -0.25) is 9.79 Å². The van der Waals surface area contributed by atoms with Gasteiger partial charge in [0.15, 0.2) is 5.96 Å². The van der Waals surface area contributed by atoms with Crippen molar-refractivity contribution in [3.05, 3.63) is 29.8 Å². The van der Waals surface area contributed by atoms with Crippen LogP contribution in [0.1, 0.15) is 38.2 Å². The molecule has 0 saturated carbocycles. The fourth-order valence-corrected chi connectivity index (χ4v) is 4.61. The van der Waals surface area contributed by atoms with E-state index in [-0.39, 0.29) is 29.9 Å². The van der Waals surface area contributed by atoms with Crippen LogP contribution in [0.3, 0.4) is 0 Å². The number of rotatable bonds is 5. The Balaban J connectivity index is 0.00000243. The maximum Gasteiger partial charge on any atom is 0.227 e. The molecule has 0 aromatic heterocycles. The van der Waals surface area contributed by atoms with Crippen molar-refractivity contribution in [2.75, 3.05) is 30.8 Å². The van der Waals surface area contributed by atoms with Gasteiger partial charge in [-0.15, -0.1) is 24.0 Å². The standard InChI is InChI=1S/C19H28N4OS.HI/c1-19(10-4-12-25-19)14-22-18(20-2)21-13-15-6-8-16(9-7-15)23-11-3-5-17(23)24;/h6-9H,3-5,10-14H2,1-2H3,(H2,20,21,22);1H. The third kappa shape index (κ3) is 5.52. The highest BCUT2D eigenvalue weighted by Crippen LogP contribution is 2.36. The number of amides is 1. The average Bonchev–Trinajstić information content (AvgIpc) is 3.24. The molecule has 1 unspecified atom stereocenters. The Morgan fingerprint density at radius 2 is 2.04 bits per heavy atom. The van der Waals surface area contributed by atoms with Gasteiger partial charge in [-0.1, -0.05) is 12.1 Å². The first-order valence-electron chi connectivity index (χ1n) is 9.07. The fraction of sp³-hybridized carbons (Fsp3) is 0.579. The molecule has 0 spiro atoms. The van der Waals surface area contributed by atoms with E-state index in [2.05, 4.69) is 34.7 Å². The van der Waals surface area contributed by atoms with Gasteiger partial charge in [-0.2, -0.15) is 11.8 Å². The highest BCUT2D eigenvalue weighted by molar-refractivity contribution is 14.0. The normalized spacial score (nSPS) is 23.1. The molecule has 2 aliphatic rings. The molecule has 0 bridgehead atoms. The summed E-state index contributed by atoms with van der Waals surface area (Å²) in [6, 6.07) is 8.23. The lowest BCUT2D eigenvalue weighted by Crippen LogP contribution is -2.43. The van der Waals surface area contributed by atoms with Crippen LogP contribution in [0.15, 0.2) is 29.3 Å². The Morgan fingerprint density at radius 3 is 2.62 bits per heavy atom. The van der Waals surface area contributed by atoms with Gasteiger partial charge in [-0.25, -0.2) is 0 Å². The monoisotopic (exact) mass is 488 g/mol. The smallest absolute Gasteiger partial charge is 0.227 e. The summed E-state index contributed by atoms with van der Waals surface area (Å²) in [5, 5.41) is 6.82. The number of hydrogen-bond donors (Lipinski definition) is 2. The second-order valence-electron chi connectivity index (χ2n) is 7.00. The number of carbonyl (C=O) groups is 1. The van der Waals surface area contributed by atoms with E-state index >= 15 is 0 Å². The number of carbonyl (C=O) groups excluding carboxylic acids is 1. The molecule has 2 fully saturated rings. The third-order valence-electron chi connectivity index (χ3n) is 4.94. The van der Waals surface area contributed by atoms with Crippen LogP contribution in [-0.2, 0) is 11.3 Å². The van der Waals surface area contributed by atoms with E-state index in [9.17, 15) is 4.79 Å². The number of aliphatic imine (C=N–C) groups is 1. The number of nitrogens with one attached hydrogen (secondary N) is 2. The van der Waals surface area contributed by atoms with Gasteiger partial charge < -0.3 is 15.5 Å². The molecule has 1 aromatic carbocycles. The molecule has 1 amide bonds. The van der Waals surface area contributed by atoms with Gasteiger partial charge in [0, 0.05) is 43.5 Å². The lowest BCUT2D eigenvalue weighted by molar-refractivity contribution is -0.117. The first kappa shape index (κ1) is 21.3. The predicted molar refractivity (Wildman–Crippen MR) is 122 cm³/mol. The predicted octanol–water partition coefficient (Wildman–Crippen LogP) is 3.38. The van der Waals surface area contributed by atoms with Crippen LogP contribution in [0.25, 0.3) is 0 Å². The summed E-state index contributed by atoms with van der Waals surface area (Å²) < 4.78 is 0.321. The summed E-state index contributed by atoms with van der Waals surface area (Å²) in [5.74, 6) is 2.33. The molecule has 2 aliphatic heterocycles. The average molecular weight is 488 g/mol. The molecule has 5 nitrogen and oxygen atoms in total. The van der Waals surface area contributed by atoms with Crippen molar-refractivity contribution in [2.24, 2.45) is 4.99 Å². The zero-order valence-electron chi connectivity index (χ0n) is 15.6. The van der Waals surface area contributed by atoms with Gasteiger partial charge in [0.25, 0.3) is 0 Å². The topological polar surface area (TPSA) is 56.7 Å². The highest BCUT2D eigenvalue weighted by atomic mass is 127. The van der Waals surface area contributed by atoms with Crippen LogP contribution in [-0.4, -0.2) is 42.5 Å². The molecule has 0 aliphatic carbocycles. The Labute approximate surface area is 177 Å². The van der Waals surface area contributed by atoms with Crippen molar-refractivity contribution < 1.29 is 4.79 Å². The van der Waals surface area contributed by atoms with Gasteiger partial charge in [0.2, 0.25) is 5.91 Å². The summed E-state index contributed by atoms with van der Waals surface area (Å²) in [7, 11) is 1.81. The number of hydrogen-bond acceptors (Lipinski definition) is 3. The SMILES string of the molecule is CN=C(NCc1ccc(N2CCCC2=O)cc1)NCC1(C)CCCS1.I. The molecule has 2 heterocycles. The van der Waals surface area contributed by atoms with Crippen molar-refractivity contribution in [3.8, 4) is 0 Å². The lowest BCUT2D eigenvalue weighted by atomic mass is 10.1. The molecule has 144 valence electrons. The van der Waals surface area contributed by atoms with E-state index in [1.54, 1.807) is 0 Å². The number of anilines is 1. The largest absolute Gasteiger partial charge is 0.355 e. The minimum atomic E-state index is 0. The number of guanidine groups is 1. The summed E-state index contributed by atoms with van der Waals surface area (Å²) >= 11 is 2.05. The van der Waals surface area contributed by atoms with Gasteiger partial charge in [0.05, 0.1) is 0 Å². The Hall–Kier alpha value is -0.960.